The van der Waals surface area contributed by atoms with Crippen molar-refractivity contribution in [3.05, 3.63) is 22.7 Å². The number of aryl methyl sites for hydroxylation is 1. The zero-order valence-corrected chi connectivity index (χ0v) is 11.6. The van der Waals surface area contributed by atoms with Crippen LogP contribution in [0.1, 0.15) is 31.2 Å². The van der Waals surface area contributed by atoms with E-state index in [1.54, 1.807) is 7.11 Å². The lowest BCUT2D eigenvalue weighted by Crippen LogP contribution is -2.36. The number of hydrogen-bond acceptors (Lipinski definition) is 3. The quantitative estimate of drug-likeness (QED) is 0.884. The number of benzene rings is 1. The molecule has 2 rings (SSSR count). The van der Waals surface area contributed by atoms with E-state index in [9.17, 15) is 5.11 Å². The Labute approximate surface area is 113 Å². The SMILES string of the molecule is COc1cc(Cl)c(C)cc1N[C@H]1CCCC[C@@H]1O. The lowest BCUT2D eigenvalue weighted by atomic mass is 9.92. The molecule has 0 radical (unpaired) electrons. The summed E-state index contributed by atoms with van der Waals surface area (Å²) in [6.45, 7) is 1.96. The summed E-state index contributed by atoms with van der Waals surface area (Å²) in [5.41, 5.74) is 1.91. The van der Waals surface area contributed by atoms with Crippen molar-refractivity contribution in [1.29, 1.82) is 0 Å². The first-order chi connectivity index (χ1) is 8.61. The summed E-state index contributed by atoms with van der Waals surface area (Å²) in [7, 11) is 1.63. The van der Waals surface area contributed by atoms with Crippen LogP contribution in [0.3, 0.4) is 0 Å². The number of nitrogens with one attached hydrogen (secondary N) is 1. The summed E-state index contributed by atoms with van der Waals surface area (Å²) in [4.78, 5) is 0. The minimum atomic E-state index is -0.278. The number of aliphatic hydroxyl groups is 1. The second-order valence-electron chi connectivity index (χ2n) is 4.90. The van der Waals surface area contributed by atoms with E-state index >= 15 is 0 Å². The number of rotatable bonds is 3. The number of anilines is 1. The molecular weight excluding hydrogens is 250 g/mol. The second-order valence-corrected chi connectivity index (χ2v) is 5.31. The van der Waals surface area contributed by atoms with Gasteiger partial charge in [0, 0.05) is 11.1 Å². The van der Waals surface area contributed by atoms with Crippen molar-refractivity contribution in [2.45, 2.75) is 44.8 Å². The van der Waals surface area contributed by atoms with E-state index in [2.05, 4.69) is 5.32 Å². The lowest BCUT2D eigenvalue weighted by Gasteiger charge is -2.30. The molecule has 0 bridgehead atoms. The van der Waals surface area contributed by atoms with Gasteiger partial charge in [0.05, 0.1) is 24.9 Å². The minimum Gasteiger partial charge on any atom is -0.495 e. The van der Waals surface area contributed by atoms with Gasteiger partial charge in [-0.25, -0.2) is 0 Å². The molecule has 0 saturated heterocycles. The smallest absolute Gasteiger partial charge is 0.143 e. The normalized spacial score (nSPS) is 23.8. The van der Waals surface area contributed by atoms with Crippen LogP contribution < -0.4 is 10.1 Å². The molecule has 1 aliphatic carbocycles. The zero-order chi connectivity index (χ0) is 13.1. The summed E-state index contributed by atoms with van der Waals surface area (Å²) in [6.07, 6.45) is 3.85. The molecule has 0 unspecified atom stereocenters. The summed E-state index contributed by atoms with van der Waals surface area (Å²) >= 11 is 6.08. The number of hydrogen-bond donors (Lipinski definition) is 2. The fourth-order valence-electron chi connectivity index (χ4n) is 2.42. The Morgan fingerprint density at radius 2 is 2.06 bits per heavy atom. The van der Waals surface area contributed by atoms with Gasteiger partial charge in [0.1, 0.15) is 5.75 Å². The van der Waals surface area contributed by atoms with Gasteiger partial charge in [-0.1, -0.05) is 24.4 Å². The Kier molecular flexibility index (Phi) is 4.36. The molecule has 3 nitrogen and oxygen atoms in total. The van der Waals surface area contributed by atoms with Crippen molar-refractivity contribution in [2.24, 2.45) is 0 Å². The summed E-state index contributed by atoms with van der Waals surface area (Å²) in [5, 5.41) is 14.1. The Hall–Kier alpha value is -0.930. The molecule has 0 aromatic heterocycles. The van der Waals surface area contributed by atoms with Gasteiger partial charge in [0.2, 0.25) is 0 Å². The van der Waals surface area contributed by atoms with Crippen molar-refractivity contribution in [1.82, 2.24) is 0 Å². The molecule has 2 N–H and O–H groups in total. The van der Waals surface area contributed by atoms with E-state index < -0.39 is 0 Å². The highest BCUT2D eigenvalue weighted by molar-refractivity contribution is 6.31. The van der Waals surface area contributed by atoms with Crippen LogP contribution in [0.15, 0.2) is 12.1 Å². The second kappa shape index (κ2) is 5.81. The topological polar surface area (TPSA) is 41.5 Å². The average Bonchev–Trinajstić information content (AvgIpc) is 2.36. The van der Waals surface area contributed by atoms with Crippen LogP contribution in [-0.2, 0) is 0 Å². The molecule has 1 fully saturated rings. The molecule has 2 atom stereocenters. The molecule has 0 heterocycles. The van der Waals surface area contributed by atoms with Crippen LogP contribution in [0.4, 0.5) is 5.69 Å². The molecule has 1 aliphatic rings. The molecule has 1 saturated carbocycles. The summed E-state index contributed by atoms with van der Waals surface area (Å²) in [5.74, 6) is 0.725. The van der Waals surface area contributed by atoms with Gasteiger partial charge in [-0.3, -0.25) is 0 Å². The van der Waals surface area contributed by atoms with Crippen LogP contribution >= 0.6 is 11.6 Å². The van der Waals surface area contributed by atoms with E-state index in [1.165, 1.54) is 0 Å². The van der Waals surface area contributed by atoms with E-state index in [1.807, 2.05) is 19.1 Å². The molecule has 1 aromatic rings. The van der Waals surface area contributed by atoms with Crippen LogP contribution in [0, 0.1) is 6.92 Å². The van der Waals surface area contributed by atoms with Gasteiger partial charge in [-0.05, 0) is 31.4 Å². The third kappa shape index (κ3) is 2.90. The fraction of sp³-hybridized carbons (Fsp3) is 0.571. The van der Waals surface area contributed by atoms with Crippen LogP contribution in [-0.4, -0.2) is 24.4 Å². The fourth-order valence-corrected chi connectivity index (χ4v) is 2.58. The maximum absolute atomic E-state index is 9.99. The highest BCUT2D eigenvalue weighted by Gasteiger charge is 2.23. The van der Waals surface area contributed by atoms with Crippen molar-refractivity contribution >= 4 is 17.3 Å². The molecular formula is C14H20ClNO2. The van der Waals surface area contributed by atoms with Gasteiger partial charge < -0.3 is 15.2 Å². The summed E-state index contributed by atoms with van der Waals surface area (Å²) < 4.78 is 5.33. The Morgan fingerprint density at radius 1 is 1.33 bits per heavy atom. The third-order valence-electron chi connectivity index (χ3n) is 3.55. The first-order valence-electron chi connectivity index (χ1n) is 6.40. The maximum Gasteiger partial charge on any atom is 0.143 e. The maximum atomic E-state index is 9.99. The number of aliphatic hydroxyl groups excluding tert-OH is 1. The number of methoxy groups -OCH3 is 1. The van der Waals surface area contributed by atoms with Crippen molar-refractivity contribution < 1.29 is 9.84 Å². The Bertz CT molecular complexity index is 423. The Balaban J connectivity index is 2.19. The molecule has 0 aliphatic heterocycles. The van der Waals surface area contributed by atoms with E-state index in [-0.39, 0.29) is 12.1 Å². The highest BCUT2D eigenvalue weighted by atomic mass is 35.5. The molecule has 18 heavy (non-hydrogen) atoms. The first kappa shape index (κ1) is 13.5. The standard InChI is InChI=1S/C14H20ClNO2/c1-9-7-12(14(18-2)8-10(9)15)16-11-5-3-4-6-13(11)17/h7-8,11,13,16-17H,3-6H2,1-2H3/t11-,13-/m0/s1. The third-order valence-corrected chi connectivity index (χ3v) is 3.96. The molecule has 100 valence electrons. The van der Waals surface area contributed by atoms with E-state index in [0.717, 1.165) is 42.7 Å². The lowest BCUT2D eigenvalue weighted by molar-refractivity contribution is 0.116. The number of halogens is 1. The minimum absolute atomic E-state index is 0.105. The Morgan fingerprint density at radius 3 is 2.72 bits per heavy atom. The monoisotopic (exact) mass is 269 g/mol. The van der Waals surface area contributed by atoms with Crippen LogP contribution in [0.5, 0.6) is 5.75 Å². The molecule has 1 aromatic carbocycles. The number of ether oxygens (including phenoxy) is 1. The van der Waals surface area contributed by atoms with Gasteiger partial charge >= 0.3 is 0 Å². The summed E-state index contributed by atoms with van der Waals surface area (Å²) in [6, 6.07) is 3.89. The zero-order valence-electron chi connectivity index (χ0n) is 10.9. The molecule has 0 spiro atoms. The van der Waals surface area contributed by atoms with Crippen LogP contribution in [0.2, 0.25) is 5.02 Å². The van der Waals surface area contributed by atoms with Crippen molar-refractivity contribution in [3.63, 3.8) is 0 Å². The molecule has 4 heteroatoms. The van der Waals surface area contributed by atoms with Gasteiger partial charge in [0.15, 0.2) is 0 Å². The average molecular weight is 270 g/mol. The molecule has 0 amide bonds. The van der Waals surface area contributed by atoms with Gasteiger partial charge in [-0.15, -0.1) is 0 Å². The van der Waals surface area contributed by atoms with Gasteiger partial charge in [-0.2, -0.15) is 0 Å². The van der Waals surface area contributed by atoms with E-state index in [4.69, 9.17) is 16.3 Å². The van der Waals surface area contributed by atoms with E-state index in [0.29, 0.717) is 5.02 Å². The predicted molar refractivity (Wildman–Crippen MR) is 74.6 cm³/mol. The highest BCUT2D eigenvalue weighted by Crippen LogP contribution is 2.33. The van der Waals surface area contributed by atoms with Gasteiger partial charge in [0.25, 0.3) is 0 Å². The van der Waals surface area contributed by atoms with Crippen molar-refractivity contribution in [2.75, 3.05) is 12.4 Å². The van der Waals surface area contributed by atoms with Crippen molar-refractivity contribution in [3.8, 4) is 5.75 Å². The first-order valence-corrected chi connectivity index (χ1v) is 6.78. The predicted octanol–water partition coefficient (Wildman–Crippen LogP) is 3.37. The van der Waals surface area contributed by atoms with Crippen LogP contribution in [0.25, 0.3) is 0 Å². The largest absolute Gasteiger partial charge is 0.495 e.